The molecule has 0 bridgehead atoms. The molecule has 0 radical (unpaired) electrons. The minimum absolute atomic E-state index is 0.493. The molecule has 1 aromatic carbocycles. The summed E-state index contributed by atoms with van der Waals surface area (Å²) in [5.74, 6) is 0.799. The lowest BCUT2D eigenvalue weighted by atomic mass is 10.1. The summed E-state index contributed by atoms with van der Waals surface area (Å²) in [6, 6.07) is 10.9. The van der Waals surface area contributed by atoms with E-state index in [1.807, 2.05) is 20.0 Å². The summed E-state index contributed by atoms with van der Waals surface area (Å²) < 4.78 is 7.57. The number of aromatic nitrogens is 2. The molecule has 2 aromatic rings. The van der Waals surface area contributed by atoms with E-state index >= 15 is 0 Å². The van der Waals surface area contributed by atoms with E-state index in [2.05, 4.69) is 48.5 Å². The second kappa shape index (κ2) is 6.57. The van der Waals surface area contributed by atoms with Gasteiger partial charge in [-0.1, -0.05) is 38.1 Å². The molecule has 1 heterocycles. The fraction of sp³-hybridized carbons (Fsp3) is 0.438. The van der Waals surface area contributed by atoms with Crippen molar-refractivity contribution in [1.29, 1.82) is 0 Å². The van der Waals surface area contributed by atoms with Gasteiger partial charge in [-0.3, -0.25) is 0 Å². The first kappa shape index (κ1) is 14.6. The number of nitrogens with one attached hydrogen (secondary N) is 1. The lowest BCUT2D eigenvalue weighted by Gasteiger charge is -2.10. The van der Waals surface area contributed by atoms with Crippen LogP contribution in [0.5, 0.6) is 5.88 Å². The smallest absolute Gasteiger partial charge is 0.212 e. The Labute approximate surface area is 120 Å². The number of benzene rings is 1. The number of hydrogen-bond donors (Lipinski definition) is 1. The number of aryl methyl sites for hydroxylation is 2. The lowest BCUT2D eigenvalue weighted by Crippen LogP contribution is -2.21. The Morgan fingerprint density at radius 1 is 1.25 bits per heavy atom. The van der Waals surface area contributed by atoms with Crippen LogP contribution in [0.2, 0.25) is 0 Å². The summed E-state index contributed by atoms with van der Waals surface area (Å²) in [4.78, 5) is 0. The Morgan fingerprint density at radius 2 is 2.00 bits per heavy atom. The maximum absolute atomic E-state index is 5.80. The summed E-state index contributed by atoms with van der Waals surface area (Å²) in [5.41, 5.74) is 3.42. The van der Waals surface area contributed by atoms with E-state index in [9.17, 15) is 0 Å². The van der Waals surface area contributed by atoms with Crippen LogP contribution in [0.25, 0.3) is 0 Å². The van der Waals surface area contributed by atoms with Gasteiger partial charge >= 0.3 is 0 Å². The predicted octanol–water partition coefficient (Wildman–Crippen LogP) is 2.81. The normalized spacial score (nSPS) is 11.1. The molecule has 0 aliphatic carbocycles. The van der Waals surface area contributed by atoms with E-state index in [1.54, 1.807) is 4.68 Å². The van der Waals surface area contributed by atoms with Gasteiger partial charge in [-0.15, -0.1) is 0 Å². The molecule has 1 N–H and O–H groups in total. The van der Waals surface area contributed by atoms with E-state index in [0.29, 0.717) is 12.6 Å². The van der Waals surface area contributed by atoms with E-state index in [4.69, 9.17) is 4.74 Å². The van der Waals surface area contributed by atoms with Gasteiger partial charge in [0.05, 0.1) is 5.69 Å². The molecular weight excluding hydrogens is 250 g/mol. The Morgan fingerprint density at radius 3 is 2.65 bits per heavy atom. The molecule has 0 saturated heterocycles. The zero-order chi connectivity index (χ0) is 14.5. The fourth-order valence-corrected chi connectivity index (χ4v) is 2.03. The molecule has 0 unspecified atom stereocenters. The molecule has 0 saturated carbocycles. The lowest BCUT2D eigenvalue weighted by molar-refractivity contribution is 0.278. The highest BCUT2D eigenvalue weighted by Gasteiger charge is 2.04. The highest BCUT2D eigenvalue weighted by Crippen LogP contribution is 2.14. The van der Waals surface area contributed by atoms with Crippen LogP contribution in [0.1, 0.15) is 30.7 Å². The molecular formula is C16H23N3O. The number of rotatable bonds is 6. The first-order valence-electron chi connectivity index (χ1n) is 6.99. The molecule has 108 valence electrons. The van der Waals surface area contributed by atoms with Crippen LogP contribution in [0, 0.1) is 6.92 Å². The average Bonchev–Trinajstić information content (AvgIpc) is 2.73. The first-order valence-corrected chi connectivity index (χ1v) is 6.99. The Balaban J connectivity index is 1.96. The van der Waals surface area contributed by atoms with Gasteiger partial charge in [0.15, 0.2) is 0 Å². The summed E-state index contributed by atoms with van der Waals surface area (Å²) >= 11 is 0. The average molecular weight is 273 g/mol. The molecule has 4 heteroatoms. The molecule has 1 aromatic heterocycles. The second-order valence-electron chi connectivity index (χ2n) is 5.39. The van der Waals surface area contributed by atoms with E-state index < -0.39 is 0 Å². The highest BCUT2D eigenvalue weighted by molar-refractivity contribution is 5.24. The van der Waals surface area contributed by atoms with Crippen molar-refractivity contribution in [1.82, 2.24) is 15.1 Å². The molecule has 0 aliphatic rings. The van der Waals surface area contributed by atoms with Gasteiger partial charge in [0.2, 0.25) is 5.88 Å². The second-order valence-corrected chi connectivity index (χ2v) is 5.39. The monoisotopic (exact) mass is 273 g/mol. The molecule has 0 aliphatic heterocycles. The van der Waals surface area contributed by atoms with Crippen LogP contribution in [0.15, 0.2) is 30.3 Å². The zero-order valence-corrected chi connectivity index (χ0v) is 12.7. The van der Waals surface area contributed by atoms with Crippen LogP contribution >= 0.6 is 0 Å². The molecule has 0 atom stereocenters. The predicted molar refractivity (Wildman–Crippen MR) is 80.7 cm³/mol. The third-order valence-corrected chi connectivity index (χ3v) is 3.05. The van der Waals surface area contributed by atoms with Gasteiger partial charge in [0.1, 0.15) is 6.61 Å². The van der Waals surface area contributed by atoms with Gasteiger partial charge in [0.25, 0.3) is 0 Å². The summed E-state index contributed by atoms with van der Waals surface area (Å²) in [6.45, 7) is 7.71. The number of hydrogen-bond acceptors (Lipinski definition) is 3. The van der Waals surface area contributed by atoms with Gasteiger partial charge in [0, 0.05) is 25.7 Å². The Kier molecular flexibility index (Phi) is 4.79. The molecule has 2 rings (SSSR count). The van der Waals surface area contributed by atoms with Gasteiger partial charge < -0.3 is 10.1 Å². The summed E-state index contributed by atoms with van der Waals surface area (Å²) in [5, 5.41) is 7.69. The Bertz CT molecular complexity index is 561. The number of nitrogens with zero attached hydrogens (tertiary/aromatic N) is 2. The molecule has 4 nitrogen and oxygen atoms in total. The van der Waals surface area contributed by atoms with E-state index in [1.165, 1.54) is 11.1 Å². The first-order chi connectivity index (χ1) is 9.54. The van der Waals surface area contributed by atoms with Crippen molar-refractivity contribution in [3.8, 4) is 5.88 Å². The minimum Gasteiger partial charge on any atom is -0.473 e. The zero-order valence-electron chi connectivity index (χ0n) is 12.7. The highest BCUT2D eigenvalue weighted by atomic mass is 16.5. The van der Waals surface area contributed by atoms with Crippen molar-refractivity contribution in [2.24, 2.45) is 7.05 Å². The molecule has 0 fully saturated rings. The molecule has 20 heavy (non-hydrogen) atoms. The van der Waals surface area contributed by atoms with Gasteiger partial charge in [-0.05, 0) is 18.1 Å². The van der Waals surface area contributed by atoms with Crippen LogP contribution < -0.4 is 10.1 Å². The van der Waals surface area contributed by atoms with Crippen molar-refractivity contribution in [2.75, 3.05) is 0 Å². The van der Waals surface area contributed by atoms with Gasteiger partial charge in [-0.25, -0.2) is 4.68 Å². The van der Waals surface area contributed by atoms with Crippen LogP contribution in [-0.2, 0) is 20.2 Å². The standard InChI is InChI=1S/C16H23N3O/c1-12(2)17-10-14-6-5-7-15(9-14)11-20-16-8-13(3)18-19(16)4/h5-9,12,17H,10-11H2,1-4H3. The summed E-state index contributed by atoms with van der Waals surface area (Å²) in [6.07, 6.45) is 0. The Hall–Kier alpha value is -1.81. The van der Waals surface area contributed by atoms with Crippen LogP contribution in [-0.4, -0.2) is 15.8 Å². The van der Waals surface area contributed by atoms with Crippen molar-refractivity contribution in [3.63, 3.8) is 0 Å². The fourth-order valence-electron chi connectivity index (χ4n) is 2.03. The van der Waals surface area contributed by atoms with Crippen LogP contribution in [0.4, 0.5) is 0 Å². The number of ether oxygens (including phenoxy) is 1. The minimum atomic E-state index is 0.493. The van der Waals surface area contributed by atoms with Crippen LogP contribution in [0.3, 0.4) is 0 Å². The molecule has 0 amide bonds. The van der Waals surface area contributed by atoms with Gasteiger partial charge in [-0.2, -0.15) is 5.10 Å². The largest absolute Gasteiger partial charge is 0.473 e. The third-order valence-electron chi connectivity index (χ3n) is 3.05. The van der Waals surface area contributed by atoms with Crippen molar-refractivity contribution < 1.29 is 4.74 Å². The topological polar surface area (TPSA) is 39.1 Å². The van der Waals surface area contributed by atoms with E-state index in [0.717, 1.165) is 18.1 Å². The maximum Gasteiger partial charge on any atom is 0.212 e. The van der Waals surface area contributed by atoms with Crippen molar-refractivity contribution in [3.05, 3.63) is 47.2 Å². The quantitative estimate of drug-likeness (QED) is 0.879. The SMILES string of the molecule is Cc1cc(OCc2cccc(CNC(C)C)c2)n(C)n1. The third kappa shape index (κ3) is 4.10. The molecule has 0 spiro atoms. The maximum atomic E-state index is 5.80. The van der Waals surface area contributed by atoms with E-state index in [-0.39, 0.29) is 0 Å². The summed E-state index contributed by atoms with van der Waals surface area (Å²) in [7, 11) is 1.89. The van der Waals surface area contributed by atoms with Crippen molar-refractivity contribution >= 4 is 0 Å². The van der Waals surface area contributed by atoms with Crippen molar-refractivity contribution in [2.45, 2.75) is 40.0 Å².